The van der Waals surface area contributed by atoms with Crippen LogP contribution in [0.15, 0.2) is 12.1 Å². The molecule has 2 N–H and O–H groups in total. The molecule has 1 fully saturated rings. The highest BCUT2D eigenvalue weighted by molar-refractivity contribution is 5.41. The third-order valence-electron chi connectivity index (χ3n) is 5.42. The van der Waals surface area contributed by atoms with Crippen molar-refractivity contribution >= 4 is 0 Å². The molecule has 0 bridgehead atoms. The van der Waals surface area contributed by atoms with Gasteiger partial charge in [-0.2, -0.15) is 0 Å². The minimum absolute atomic E-state index is 0.0197. The highest BCUT2D eigenvalue weighted by Gasteiger charge is 2.33. The van der Waals surface area contributed by atoms with Crippen LogP contribution >= 0.6 is 0 Å². The molecule has 1 aromatic rings. The molecule has 22 heavy (non-hydrogen) atoms. The summed E-state index contributed by atoms with van der Waals surface area (Å²) >= 11 is 0. The number of fused-ring (bicyclic) bond motifs is 3. The number of aliphatic hydroxyl groups is 2. The Labute approximate surface area is 134 Å². The predicted octanol–water partition coefficient (Wildman–Crippen LogP) is 3.03. The first-order valence-electron chi connectivity index (χ1n) is 8.72. The molecule has 122 valence electrons. The molecule has 1 aromatic carbocycles. The topological polar surface area (TPSA) is 43.7 Å². The van der Waals surface area contributed by atoms with E-state index >= 15 is 0 Å². The van der Waals surface area contributed by atoms with Crippen molar-refractivity contribution in [2.45, 2.75) is 58.8 Å². The molecule has 2 heterocycles. The lowest BCUT2D eigenvalue weighted by molar-refractivity contribution is 0.0894. The molecule has 0 aromatic heterocycles. The first-order valence-corrected chi connectivity index (χ1v) is 8.72. The Bertz CT molecular complexity index is 526. The van der Waals surface area contributed by atoms with Crippen LogP contribution in [0.5, 0.6) is 0 Å². The van der Waals surface area contributed by atoms with Crippen LogP contribution in [0.2, 0.25) is 0 Å². The van der Waals surface area contributed by atoms with Gasteiger partial charge in [0.15, 0.2) is 0 Å². The quantitative estimate of drug-likeness (QED) is 0.898. The van der Waals surface area contributed by atoms with Crippen molar-refractivity contribution in [3.8, 4) is 0 Å². The Balaban J connectivity index is 1.82. The van der Waals surface area contributed by atoms with Crippen LogP contribution in [-0.4, -0.2) is 28.2 Å². The maximum absolute atomic E-state index is 9.56. The Morgan fingerprint density at radius 1 is 1.14 bits per heavy atom. The molecule has 0 aliphatic carbocycles. The van der Waals surface area contributed by atoms with Gasteiger partial charge in [-0.3, -0.25) is 4.90 Å². The van der Waals surface area contributed by atoms with E-state index in [-0.39, 0.29) is 13.2 Å². The summed E-state index contributed by atoms with van der Waals surface area (Å²) < 4.78 is 0. The zero-order chi connectivity index (χ0) is 15.7. The lowest BCUT2D eigenvalue weighted by atomic mass is 9.80. The standard InChI is InChI=1S/C19H29NO2/c1-13(2)7-14-3-4-19-18-9-17(12-22)16(11-21)8-15(18)5-6-20(19)10-14/h8-9,13-14,19,21-22H,3-7,10-12H2,1-2H3/t14?,19-/m1/s1. The fourth-order valence-electron chi connectivity index (χ4n) is 4.43. The molecule has 0 spiro atoms. The second-order valence-corrected chi connectivity index (χ2v) is 7.47. The van der Waals surface area contributed by atoms with Gasteiger partial charge in [0, 0.05) is 19.1 Å². The lowest BCUT2D eigenvalue weighted by Crippen LogP contribution is -2.42. The summed E-state index contributed by atoms with van der Waals surface area (Å²) in [4.78, 5) is 2.65. The van der Waals surface area contributed by atoms with E-state index in [1.165, 1.54) is 36.9 Å². The molecule has 3 rings (SSSR count). The van der Waals surface area contributed by atoms with Gasteiger partial charge in [-0.1, -0.05) is 26.0 Å². The fraction of sp³-hybridized carbons (Fsp3) is 0.684. The summed E-state index contributed by atoms with van der Waals surface area (Å²) in [5.41, 5.74) is 4.57. The van der Waals surface area contributed by atoms with Crippen molar-refractivity contribution in [1.29, 1.82) is 0 Å². The molecule has 1 unspecified atom stereocenters. The molecule has 0 saturated carbocycles. The molecule has 3 heteroatoms. The van der Waals surface area contributed by atoms with E-state index in [1.54, 1.807) is 0 Å². The molecule has 2 aliphatic heterocycles. The van der Waals surface area contributed by atoms with Gasteiger partial charge < -0.3 is 10.2 Å². The van der Waals surface area contributed by atoms with Crippen molar-refractivity contribution in [1.82, 2.24) is 4.90 Å². The van der Waals surface area contributed by atoms with Crippen molar-refractivity contribution in [3.63, 3.8) is 0 Å². The first-order chi connectivity index (χ1) is 10.6. The zero-order valence-corrected chi connectivity index (χ0v) is 13.9. The van der Waals surface area contributed by atoms with E-state index in [9.17, 15) is 10.2 Å². The minimum atomic E-state index is 0.0197. The highest BCUT2D eigenvalue weighted by Crippen LogP contribution is 2.40. The molecule has 1 saturated heterocycles. The summed E-state index contributed by atoms with van der Waals surface area (Å²) in [6, 6.07) is 4.80. The average molecular weight is 303 g/mol. The van der Waals surface area contributed by atoms with Gasteiger partial charge >= 0.3 is 0 Å². The van der Waals surface area contributed by atoms with E-state index in [1.807, 2.05) is 0 Å². The molecule has 2 aliphatic rings. The number of piperidine rings is 1. The molecule has 2 atom stereocenters. The zero-order valence-electron chi connectivity index (χ0n) is 13.9. The third kappa shape index (κ3) is 3.08. The molecular formula is C19H29NO2. The number of hydrogen-bond donors (Lipinski definition) is 2. The van der Waals surface area contributed by atoms with Gasteiger partial charge in [0.2, 0.25) is 0 Å². The predicted molar refractivity (Wildman–Crippen MR) is 88.5 cm³/mol. The van der Waals surface area contributed by atoms with Crippen molar-refractivity contribution in [3.05, 3.63) is 34.4 Å². The van der Waals surface area contributed by atoms with Crippen molar-refractivity contribution in [2.24, 2.45) is 11.8 Å². The van der Waals surface area contributed by atoms with E-state index < -0.39 is 0 Å². The first kappa shape index (κ1) is 16.0. The van der Waals surface area contributed by atoms with Gasteiger partial charge in [0.05, 0.1) is 13.2 Å². The molecule has 0 radical (unpaired) electrons. The normalized spacial score (nSPS) is 25.1. The van der Waals surface area contributed by atoms with Crippen LogP contribution in [0.3, 0.4) is 0 Å². The van der Waals surface area contributed by atoms with Gasteiger partial charge in [0.1, 0.15) is 0 Å². The third-order valence-corrected chi connectivity index (χ3v) is 5.42. The summed E-state index contributed by atoms with van der Waals surface area (Å²) in [7, 11) is 0. The lowest BCUT2D eigenvalue weighted by Gasteiger charge is -2.44. The second kappa shape index (κ2) is 6.69. The average Bonchev–Trinajstić information content (AvgIpc) is 2.52. The monoisotopic (exact) mass is 303 g/mol. The largest absolute Gasteiger partial charge is 0.392 e. The summed E-state index contributed by atoms with van der Waals surface area (Å²) in [6.07, 6.45) is 4.95. The van der Waals surface area contributed by atoms with Crippen LogP contribution in [0, 0.1) is 11.8 Å². The van der Waals surface area contributed by atoms with Gasteiger partial charge in [-0.05, 0) is 59.8 Å². The Kier molecular flexibility index (Phi) is 4.86. The molecular weight excluding hydrogens is 274 g/mol. The maximum atomic E-state index is 9.56. The number of aliphatic hydroxyl groups excluding tert-OH is 2. The fourth-order valence-corrected chi connectivity index (χ4v) is 4.43. The number of benzene rings is 1. The van der Waals surface area contributed by atoms with Crippen molar-refractivity contribution < 1.29 is 10.2 Å². The number of rotatable bonds is 4. The summed E-state index contributed by atoms with van der Waals surface area (Å²) in [6.45, 7) is 7.04. The Morgan fingerprint density at radius 2 is 1.86 bits per heavy atom. The van der Waals surface area contributed by atoms with E-state index in [0.717, 1.165) is 35.9 Å². The van der Waals surface area contributed by atoms with Crippen LogP contribution in [0.25, 0.3) is 0 Å². The number of hydrogen-bond acceptors (Lipinski definition) is 3. The smallest absolute Gasteiger partial charge is 0.0685 e. The molecule has 0 amide bonds. The van der Waals surface area contributed by atoms with Gasteiger partial charge in [-0.15, -0.1) is 0 Å². The Hall–Kier alpha value is -0.900. The summed E-state index contributed by atoms with van der Waals surface area (Å²) in [5, 5.41) is 19.0. The van der Waals surface area contributed by atoms with Crippen LogP contribution in [0.4, 0.5) is 0 Å². The second-order valence-electron chi connectivity index (χ2n) is 7.47. The van der Waals surface area contributed by atoms with Crippen LogP contribution in [0.1, 0.15) is 61.4 Å². The van der Waals surface area contributed by atoms with E-state index in [0.29, 0.717) is 6.04 Å². The summed E-state index contributed by atoms with van der Waals surface area (Å²) in [5.74, 6) is 1.62. The van der Waals surface area contributed by atoms with E-state index in [4.69, 9.17) is 0 Å². The van der Waals surface area contributed by atoms with E-state index in [2.05, 4.69) is 30.9 Å². The maximum Gasteiger partial charge on any atom is 0.0685 e. The minimum Gasteiger partial charge on any atom is -0.392 e. The highest BCUT2D eigenvalue weighted by atomic mass is 16.3. The molecule has 3 nitrogen and oxygen atoms in total. The van der Waals surface area contributed by atoms with Crippen LogP contribution < -0.4 is 0 Å². The van der Waals surface area contributed by atoms with Crippen molar-refractivity contribution in [2.75, 3.05) is 13.1 Å². The van der Waals surface area contributed by atoms with Gasteiger partial charge in [0.25, 0.3) is 0 Å². The Morgan fingerprint density at radius 3 is 2.55 bits per heavy atom. The number of nitrogens with zero attached hydrogens (tertiary/aromatic N) is 1. The van der Waals surface area contributed by atoms with Gasteiger partial charge in [-0.25, -0.2) is 0 Å². The van der Waals surface area contributed by atoms with Crippen LogP contribution in [-0.2, 0) is 19.6 Å². The SMILES string of the molecule is CC(C)CC1CC[C@@H]2c3cc(CO)c(CO)cc3CCN2C1.